The average molecular weight is 626 g/mol. The van der Waals surface area contributed by atoms with Gasteiger partial charge in [-0.25, -0.2) is 4.85 Å². The summed E-state index contributed by atoms with van der Waals surface area (Å²) in [6.45, 7) is 7.62. The van der Waals surface area contributed by atoms with Crippen LogP contribution in [-0.2, 0) is 0 Å². The smallest absolute Gasteiger partial charge is 0.194 e. The van der Waals surface area contributed by atoms with Crippen LogP contribution in [0.1, 0.15) is 5.56 Å². The fourth-order valence-electron chi connectivity index (χ4n) is 7.47. The molecular weight excluding hydrogens is 603 g/mol. The predicted octanol–water partition coefficient (Wildman–Crippen LogP) is 12.3. The van der Waals surface area contributed by atoms with Gasteiger partial charge in [0.25, 0.3) is 0 Å². The molecule has 0 radical (unpaired) electrons. The first-order valence-corrected chi connectivity index (χ1v) is 16.0. The van der Waals surface area contributed by atoms with E-state index in [-0.39, 0.29) is 0 Å². The molecule has 10 rings (SSSR count). The summed E-state index contributed by atoms with van der Waals surface area (Å²) in [6, 6.07) is 49.2. The minimum atomic E-state index is 0.600. The molecule has 0 atom stereocenters. The molecular formula is C44H23N3O2. The van der Waals surface area contributed by atoms with Gasteiger partial charge >= 0.3 is 0 Å². The Hall–Kier alpha value is -7.08. The van der Waals surface area contributed by atoms with E-state index in [1.807, 2.05) is 66.7 Å². The molecule has 5 heteroatoms. The number of hydrogen-bond acceptors (Lipinski definition) is 3. The third kappa shape index (κ3) is 3.91. The summed E-state index contributed by atoms with van der Waals surface area (Å²) >= 11 is 0. The van der Waals surface area contributed by atoms with Gasteiger partial charge in [-0.05, 0) is 71.3 Å². The molecule has 7 aromatic carbocycles. The van der Waals surface area contributed by atoms with E-state index in [2.05, 4.69) is 88.3 Å². The van der Waals surface area contributed by atoms with Crippen molar-refractivity contribution in [2.75, 3.05) is 0 Å². The van der Waals surface area contributed by atoms with Crippen LogP contribution in [0.2, 0.25) is 0 Å². The van der Waals surface area contributed by atoms with Gasteiger partial charge in [0, 0.05) is 37.9 Å². The average Bonchev–Trinajstić information content (AvgIpc) is 3.81. The lowest BCUT2D eigenvalue weighted by molar-refractivity contribution is 0.664. The van der Waals surface area contributed by atoms with Crippen molar-refractivity contribution < 1.29 is 8.83 Å². The summed E-state index contributed by atoms with van der Waals surface area (Å²) in [6.07, 6.45) is 0. The van der Waals surface area contributed by atoms with Crippen LogP contribution in [0, 0.1) is 17.9 Å². The normalized spacial score (nSPS) is 11.6. The fourth-order valence-corrected chi connectivity index (χ4v) is 7.47. The maximum atomic E-state index is 10.4. The molecule has 226 valence electrons. The van der Waals surface area contributed by atoms with Gasteiger partial charge in [0.1, 0.15) is 28.4 Å². The van der Waals surface area contributed by atoms with E-state index >= 15 is 0 Å². The van der Waals surface area contributed by atoms with Gasteiger partial charge in [0.15, 0.2) is 5.69 Å². The van der Waals surface area contributed by atoms with Crippen LogP contribution in [0.5, 0.6) is 0 Å². The van der Waals surface area contributed by atoms with Crippen molar-refractivity contribution in [3.8, 4) is 34.0 Å². The second-order valence-electron chi connectivity index (χ2n) is 12.3. The number of fused-ring (bicyclic) bond motifs is 9. The van der Waals surface area contributed by atoms with Gasteiger partial charge < -0.3 is 13.4 Å². The molecule has 0 aliphatic carbocycles. The van der Waals surface area contributed by atoms with Gasteiger partial charge in [-0.3, -0.25) is 0 Å². The number of benzene rings is 7. The highest BCUT2D eigenvalue weighted by atomic mass is 16.3. The highest BCUT2D eigenvalue weighted by molar-refractivity contribution is 6.16. The Labute approximate surface area is 279 Å². The van der Waals surface area contributed by atoms with Crippen LogP contribution >= 0.6 is 0 Å². The molecule has 0 spiro atoms. The van der Waals surface area contributed by atoms with Crippen molar-refractivity contribution in [1.82, 2.24) is 4.57 Å². The third-order valence-corrected chi connectivity index (χ3v) is 9.67. The van der Waals surface area contributed by atoms with E-state index in [0.29, 0.717) is 11.3 Å². The van der Waals surface area contributed by atoms with E-state index in [1.165, 1.54) is 0 Å². The lowest BCUT2D eigenvalue weighted by atomic mass is 9.98. The van der Waals surface area contributed by atoms with E-state index in [9.17, 15) is 5.26 Å². The number of aromatic nitrogens is 1. The molecule has 10 aromatic rings. The summed E-state index contributed by atoms with van der Waals surface area (Å²) in [5.74, 6) is 0. The molecule has 0 aliphatic heterocycles. The van der Waals surface area contributed by atoms with Crippen molar-refractivity contribution >= 4 is 71.4 Å². The molecule has 5 nitrogen and oxygen atoms in total. The molecule has 0 bridgehead atoms. The lowest BCUT2D eigenvalue weighted by Gasteiger charge is -2.16. The summed E-state index contributed by atoms with van der Waals surface area (Å²) in [5, 5.41) is 16.5. The predicted molar refractivity (Wildman–Crippen MR) is 197 cm³/mol. The highest BCUT2D eigenvalue weighted by Crippen LogP contribution is 2.42. The number of hydrogen-bond donors (Lipinski definition) is 0. The molecule has 0 amide bonds. The molecule has 0 N–H and O–H groups in total. The van der Waals surface area contributed by atoms with Crippen LogP contribution in [0.15, 0.2) is 148 Å². The summed E-state index contributed by atoms with van der Waals surface area (Å²) in [7, 11) is 0. The maximum absolute atomic E-state index is 10.4. The Morgan fingerprint density at radius 1 is 0.510 bits per heavy atom. The Morgan fingerprint density at radius 3 is 1.65 bits per heavy atom. The summed E-state index contributed by atoms with van der Waals surface area (Å²) in [4.78, 5) is 3.72. The fraction of sp³-hybridized carbons (Fsp3) is 0. The number of para-hydroxylation sites is 4. The molecule has 0 unspecified atom stereocenters. The number of furan rings is 2. The highest BCUT2D eigenvalue weighted by Gasteiger charge is 2.20. The van der Waals surface area contributed by atoms with E-state index in [4.69, 9.17) is 15.4 Å². The molecule has 0 aliphatic rings. The zero-order valence-corrected chi connectivity index (χ0v) is 25.9. The summed E-state index contributed by atoms with van der Waals surface area (Å²) in [5.41, 5.74) is 11.1. The van der Waals surface area contributed by atoms with E-state index in [1.54, 1.807) is 0 Å². The molecule has 3 heterocycles. The Balaban J connectivity index is 1.18. The third-order valence-electron chi connectivity index (χ3n) is 9.67. The number of nitrogens with zero attached hydrogens (tertiary/aromatic N) is 3. The zero-order valence-electron chi connectivity index (χ0n) is 25.9. The second kappa shape index (κ2) is 10.2. The van der Waals surface area contributed by atoms with Crippen molar-refractivity contribution in [3.63, 3.8) is 0 Å². The van der Waals surface area contributed by atoms with Gasteiger partial charge in [-0.15, -0.1) is 0 Å². The maximum Gasteiger partial charge on any atom is 0.194 e. The van der Waals surface area contributed by atoms with Gasteiger partial charge in [0.2, 0.25) is 0 Å². The van der Waals surface area contributed by atoms with Crippen molar-refractivity contribution in [1.29, 1.82) is 5.26 Å². The minimum Gasteiger partial charge on any atom is -0.456 e. The van der Waals surface area contributed by atoms with Gasteiger partial charge in [0.05, 0.1) is 28.9 Å². The first-order chi connectivity index (χ1) is 24.2. The monoisotopic (exact) mass is 625 g/mol. The first kappa shape index (κ1) is 27.1. The van der Waals surface area contributed by atoms with Crippen LogP contribution in [0.4, 0.5) is 5.69 Å². The topological polar surface area (TPSA) is 59.4 Å². The van der Waals surface area contributed by atoms with E-state index in [0.717, 1.165) is 93.6 Å². The Morgan fingerprint density at radius 2 is 1.04 bits per heavy atom. The quantitative estimate of drug-likeness (QED) is 0.184. The Kier molecular flexibility index (Phi) is 5.64. The largest absolute Gasteiger partial charge is 0.456 e. The van der Waals surface area contributed by atoms with Crippen molar-refractivity contribution in [3.05, 3.63) is 157 Å². The second-order valence-corrected chi connectivity index (χ2v) is 12.3. The summed E-state index contributed by atoms with van der Waals surface area (Å²) < 4.78 is 15.0. The van der Waals surface area contributed by atoms with Crippen LogP contribution in [0.25, 0.3) is 98.5 Å². The molecule has 0 saturated carbocycles. The molecule has 0 saturated heterocycles. The minimum absolute atomic E-state index is 0.600. The SMILES string of the molecule is [C-]#[N+]c1ccccc1-c1ccc2oc3cc4c(cc3c2c1)oc1ccc(-c2cccc(C#N)c2-n2c3ccccc3c3ccccc32)cc14. The van der Waals surface area contributed by atoms with Crippen LogP contribution in [-0.4, -0.2) is 4.57 Å². The van der Waals surface area contributed by atoms with Crippen LogP contribution in [0.3, 0.4) is 0 Å². The number of nitriles is 1. The Bertz CT molecular complexity index is 3030. The molecule has 0 fully saturated rings. The molecule has 3 aromatic heterocycles. The zero-order chi connectivity index (χ0) is 32.6. The van der Waals surface area contributed by atoms with Gasteiger partial charge in [-0.1, -0.05) is 84.9 Å². The van der Waals surface area contributed by atoms with Crippen LogP contribution < -0.4 is 0 Å². The standard InChI is InChI=1S/C44H23N3O2/c1-46-37-14-5-2-10-29(37)26-17-19-40-33(21-26)35-23-43-36(24-42(35)48-40)34-22-27(18-20-41(34)49-43)30-13-8-9-28(25-45)44(30)47-38-15-6-3-11-31(38)32-12-4-7-16-39(32)47/h2-24H. The van der Waals surface area contributed by atoms with E-state index < -0.39 is 0 Å². The van der Waals surface area contributed by atoms with Gasteiger partial charge in [-0.2, -0.15) is 5.26 Å². The number of rotatable bonds is 3. The lowest BCUT2D eigenvalue weighted by Crippen LogP contribution is -2.00. The van der Waals surface area contributed by atoms with Crippen molar-refractivity contribution in [2.45, 2.75) is 0 Å². The molecule has 49 heavy (non-hydrogen) atoms. The first-order valence-electron chi connectivity index (χ1n) is 16.0. The van der Waals surface area contributed by atoms with Crippen molar-refractivity contribution in [2.24, 2.45) is 0 Å².